The van der Waals surface area contributed by atoms with Crippen LogP contribution in [-0.2, 0) is 25.3 Å². The molecule has 0 bridgehead atoms. The van der Waals surface area contributed by atoms with Gasteiger partial charge in [-0.15, -0.1) is 0 Å². The third-order valence-corrected chi connectivity index (χ3v) is 7.78. The zero-order valence-electron chi connectivity index (χ0n) is 19.1. The summed E-state index contributed by atoms with van der Waals surface area (Å²) in [4.78, 5) is 25.4. The highest BCUT2D eigenvalue weighted by Crippen LogP contribution is 2.24. The van der Waals surface area contributed by atoms with E-state index in [0.29, 0.717) is 54.3 Å². The first-order valence-electron chi connectivity index (χ1n) is 11.2. The largest absolute Gasteiger partial charge is 0.385 e. The summed E-state index contributed by atoms with van der Waals surface area (Å²) in [5, 5.41) is 6.17. The summed E-state index contributed by atoms with van der Waals surface area (Å²) in [5.74, 6) is -0.951. The number of anilines is 1. The molecule has 0 saturated carbocycles. The molecule has 2 amide bonds. The van der Waals surface area contributed by atoms with Gasteiger partial charge in [0, 0.05) is 44.3 Å². The van der Waals surface area contributed by atoms with Crippen molar-refractivity contribution in [2.75, 3.05) is 38.7 Å². The van der Waals surface area contributed by atoms with Gasteiger partial charge in [-0.25, -0.2) is 12.7 Å². The summed E-state index contributed by atoms with van der Waals surface area (Å²) >= 11 is 5.97. The molecular weight excluding hydrogens is 478 g/mol. The number of benzene rings is 2. The topological polar surface area (TPSA) is 105 Å². The lowest BCUT2D eigenvalue weighted by molar-refractivity contribution is -0.120. The summed E-state index contributed by atoms with van der Waals surface area (Å²) in [5.41, 5.74) is 1.45. The SMILES string of the molecule is COCCCNC(=O)c1ccccc1NC(=O)C1CCN(S(=O)(=O)Cc2cccc(Cl)c2)CC1. The Labute approximate surface area is 205 Å². The minimum atomic E-state index is -3.51. The van der Waals surface area contributed by atoms with Crippen LogP contribution in [0.3, 0.4) is 0 Å². The highest BCUT2D eigenvalue weighted by atomic mass is 35.5. The molecule has 8 nitrogen and oxygen atoms in total. The molecule has 0 spiro atoms. The monoisotopic (exact) mass is 507 g/mol. The minimum Gasteiger partial charge on any atom is -0.385 e. The second kappa shape index (κ2) is 12.3. The van der Waals surface area contributed by atoms with Gasteiger partial charge in [0.2, 0.25) is 15.9 Å². The van der Waals surface area contributed by atoms with E-state index >= 15 is 0 Å². The van der Waals surface area contributed by atoms with Gasteiger partial charge in [-0.2, -0.15) is 0 Å². The molecular formula is C24H30ClN3O5S. The number of carbonyl (C=O) groups excluding carboxylic acids is 2. The van der Waals surface area contributed by atoms with Crippen LogP contribution in [0.15, 0.2) is 48.5 Å². The van der Waals surface area contributed by atoms with Crippen molar-refractivity contribution < 1.29 is 22.7 Å². The fourth-order valence-electron chi connectivity index (χ4n) is 3.86. The van der Waals surface area contributed by atoms with Crippen molar-refractivity contribution in [1.82, 2.24) is 9.62 Å². The lowest BCUT2D eigenvalue weighted by Crippen LogP contribution is -2.42. The van der Waals surface area contributed by atoms with E-state index in [2.05, 4.69) is 10.6 Å². The molecule has 0 radical (unpaired) electrons. The van der Waals surface area contributed by atoms with E-state index in [9.17, 15) is 18.0 Å². The molecule has 1 aliphatic rings. The smallest absolute Gasteiger partial charge is 0.253 e. The van der Waals surface area contributed by atoms with Crippen molar-refractivity contribution in [2.45, 2.75) is 25.0 Å². The molecule has 0 atom stereocenters. The van der Waals surface area contributed by atoms with Gasteiger partial charge in [0.1, 0.15) is 0 Å². The Morgan fingerprint density at radius 2 is 1.85 bits per heavy atom. The van der Waals surface area contributed by atoms with Crippen molar-refractivity contribution in [3.63, 3.8) is 0 Å². The van der Waals surface area contributed by atoms with Crippen molar-refractivity contribution in [1.29, 1.82) is 0 Å². The number of para-hydroxylation sites is 1. The summed E-state index contributed by atoms with van der Waals surface area (Å²) < 4.78 is 32.0. The second-order valence-corrected chi connectivity index (χ2v) is 10.6. The molecule has 34 heavy (non-hydrogen) atoms. The first-order valence-corrected chi connectivity index (χ1v) is 13.2. The summed E-state index contributed by atoms with van der Waals surface area (Å²) in [7, 11) is -1.91. The number of carbonyl (C=O) groups is 2. The Kier molecular flexibility index (Phi) is 9.46. The van der Waals surface area contributed by atoms with Crippen LogP contribution in [0, 0.1) is 5.92 Å². The molecule has 2 aromatic rings. The van der Waals surface area contributed by atoms with Gasteiger partial charge in [0.15, 0.2) is 0 Å². The molecule has 0 unspecified atom stereocenters. The highest BCUT2D eigenvalue weighted by Gasteiger charge is 2.31. The fourth-order valence-corrected chi connectivity index (χ4v) is 5.63. The number of nitrogens with zero attached hydrogens (tertiary/aromatic N) is 1. The van der Waals surface area contributed by atoms with Crippen LogP contribution in [0.1, 0.15) is 35.2 Å². The van der Waals surface area contributed by atoms with Crippen LogP contribution in [0.4, 0.5) is 5.69 Å². The maximum atomic E-state index is 12.9. The number of halogens is 1. The summed E-state index contributed by atoms with van der Waals surface area (Å²) in [6.45, 7) is 1.55. The number of amides is 2. The summed E-state index contributed by atoms with van der Waals surface area (Å²) in [6.07, 6.45) is 1.51. The Morgan fingerprint density at radius 1 is 1.12 bits per heavy atom. The molecule has 2 aromatic carbocycles. The van der Waals surface area contributed by atoms with Crippen molar-refractivity contribution in [3.05, 3.63) is 64.7 Å². The first kappa shape index (κ1) is 26.2. The van der Waals surface area contributed by atoms with Crippen LogP contribution in [0.2, 0.25) is 5.02 Å². The van der Waals surface area contributed by atoms with Crippen molar-refractivity contribution in [2.24, 2.45) is 5.92 Å². The number of nitrogens with one attached hydrogen (secondary N) is 2. The maximum absolute atomic E-state index is 12.9. The molecule has 10 heteroatoms. The Hall–Kier alpha value is -2.46. The standard InChI is InChI=1S/C24H30ClN3O5S/c1-33-15-5-12-26-24(30)21-8-2-3-9-22(21)27-23(29)19-10-13-28(14-11-19)34(31,32)17-18-6-4-7-20(25)16-18/h2-4,6-9,16,19H,5,10-15,17H2,1H3,(H,26,30)(H,27,29). The molecule has 1 heterocycles. The quantitative estimate of drug-likeness (QED) is 0.480. The number of sulfonamides is 1. The highest BCUT2D eigenvalue weighted by molar-refractivity contribution is 7.88. The molecule has 2 N–H and O–H groups in total. The maximum Gasteiger partial charge on any atom is 0.253 e. The number of hydrogen-bond donors (Lipinski definition) is 2. The van der Waals surface area contributed by atoms with Crippen LogP contribution < -0.4 is 10.6 Å². The third-order valence-electron chi connectivity index (χ3n) is 5.70. The molecule has 1 fully saturated rings. The van der Waals surface area contributed by atoms with Gasteiger partial charge < -0.3 is 15.4 Å². The van der Waals surface area contributed by atoms with Crippen LogP contribution in [0.25, 0.3) is 0 Å². The number of rotatable bonds is 10. The second-order valence-electron chi connectivity index (χ2n) is 8.20. The Balaban J connectivity index is 1.55. The number of ether oxygens (including phenoxy) is 1. The number of piperidine rings is 1. The van der Waals surface area contributed by atoms with Crippen LogP contribution in [0.5, 0.6) is 0 Å². The van der Waals surface area contributed by atoms with E-state index in [1.54, 1.807) is 55.6 Å². The molecule has 184 valence electrons. The van der Waals surface area contributed by atoms with Crippen molar-refractivity contribution in [3.8, 4) is 0 Å². The van der Waals surface area contributed by atoms with Gasteiger partial charge >= 0.3 is 0 Å². The van der Waals surface area contributed by atoms with E-state index < -0.39 is 10.0 Å². The molecule has 3 rings (SSSR count). The average molecular weight is 508 g/mol. The van der Waals surface area contributed by atoms with Crippen LogP contribution >= 0.6 is 11.6 Å². The third kappa shape index (κ3) is 7.27. The van der Waals surface area contributed by atoms with Gasteiger partial charge in [-0.3, -0.25) is 9.59 Å². The first-order chi connectivity index (χ1) is 16.3. The summed E-state index contributed by atoms with van der Waals surface area (Å²) in [6, 6.07) is 13.6. The Morgan fingerprint density at radius 3 is 2.56 bits per heavy atom. The lowest BCUT2D eigenvalue weighted by atomic mass is 9.97. The zero-order valence-corrected chi connectivity index (χ0v) is 20.7. The van der Waals surface area contributed by atoms with E-state index in [4.69, 9.17) is 16.3 Å². The fraction of sp³-hybridized carbons (Fsp3) is 0.417. The van der Waals surface area contributed by atoms with E-state index in [1.165, 1.54) is 4.31 Å². The average Bonchev–Trinajstić information content (AvgIpc) is 2.82. The van der Waals surface area contributed by atoms with Gasteiger partial charge in [0.05, 0.1) is 17.0 Å². The zero-order chi connectivity index (χ0) is 24.6. The predicted molar refractivity (Wildman–Crippen MR) is 132 cm³/mol. The number of methoxy groups -OCH3 is 1. The van der Waals surface area contributed by atoms with E-state index in [0.717, 1.165) is 0 Å². The van der Waals surface area contributed by atoms with E-state index in [1.807, 2.05) is 0 Å². The number of hydrogen-bond acceptors (Lipinski definition) is 5. The van der Waals surface area contributed by atoms with Crippen LogP contribution in [-0.4, -0.2) is 57.9 Å². The Bertz CT molecular complexity index is 1100. The van der Waals surface area contributed by atoms with Crippen molar-refractivity contribution >= 4 is 39.1 Å². The lowest BCUT2D eigenvalue weighted by Gasteiger charge is -2.30. The van der Waals surface area contributed by atoms with Gasteiger partial charge in [0.25, 0.3) is 5.91 Å². The normalized spacial score (nSPS) is 15.1. The minimum absolute atomic E-state index is 0.128. The van der Waals surface area contributed by atoms with E-state index in [-0.39, 0.29) is 36.6 Å². The molecule has 0 aromatic heterocycles. The van der Waals surface area contributed by atoms with Gasteiger partial charge in [-0.05, 0) is 49.1 Å². The molecule has 1 aliphatic heterocycles. The molecule has 1 saturated heterocycles. The van der Waals surface area contributed by atoms with Gasteiger partial charge in [-0.1, -0.05) is 35.9 Å². The molecule has 0 aliphatic carbocycles. The predicted octanol–water partition coefficient (Wildman–Crippen LogP) is 3.29.